The maximum absolute atomic E-state index is 11.8. The van der Waals surface area contributed by atoms with Gasteiger partial charge < -0.3 is 14.7 Å². The third-order valence-corrected chi connectivity index (χ3v) is 6.58. The van der Waals surface area contributed by atoms with Crippen molar-refractivity contribution in [3.8, 4) is 5.75 Å². The summed E-state index contributed by atoms with van der Waals surface area (Å²) in [4.78, 5) is 18.8. The van der Waals surface area contributed by atoms with Crippen LogP contribution in [0.2, 0.25) is 0 Å². The first-order valence-corrected chi connectivity index (χ1v) is 11.9. The van der Waals surface area contributed by atoms with E-state index in [2.05, 4.69) is 29.2 Å². The fourth-order valence-corrected chi connectivity index (χ4v) is 4.82. The Labute approximate surface area is 193 Å². The van der Waals surface area contributed by atoms with Gasteiger partial charge in [-0.2, -0.15) is 0 Å². The van der Waals surface area contributed by atoms with Crippen LogP contribution in [0.15, 0.2) is 83.9 Å². The number of allylic oxidation sites excluding steroid dienone is 2. The summed E-state index contributed by atoms with van der Waals surface area (Å²) in [6.07, 6.45) is 8.12. The van der Waals surface area contributed by atoms with E-state index in [9.17, 15) is 9.90 Å². The third-order valence-electron chi connectivity index (χ3n) is 5.50. The first-order chi connectivity index (χ1) is 15.6. The van der Waals surface area contributed by atoms with Crippen molar-refractivity contribution in [1.29, 1.82) is 0 Å². The molecule has 0 saturated heterocycles. The van der Waals surface area contributed by atoms with E-state index < -0.39 is 6.10 Å². The van der Waals surface area contributed by atoms with Crippen molar-refractivity contribution in [2.75, 3.05) is 13.2 Å². The molecular formula is C26H28N2O3S. The third kappa shape index (κ3) is 5.50. The number of carbonyl (C=O) groups excluding carboxylic acids is 1. The van der Waals surface area contributed by atoms with Crippen LogP contribution in [0.3, 0.4) is 0 Å². The normalized spacial score (nSPS) is 20.1. The lowest BCUT2D eigenvalue weighted by Gasteiger charge is -2.30. The number of fused-ring (bicyclic) bond motifs is 1. The summed E-state index contributed by atoms with van der Waals surface area (Å²) in [7, 11) is 0. The summed E-state index contributed by atoms with van der Waals surface area (Å²) in [5, 5.41) is 11.7. The van der Waals surface area contributed by atoms with E-state index in [4.69, 9.17) is 9.73 Å². The standard InChI is InChI=1S/C26H28N2O3S/c1-2-25(30)20-12-14-22(15-13-20)31-17-21(29)16-28-24-11-7-6-10-23(24)27-26(28)32-18-19-8-4-3-5-9-19/h3-15,21,23-24,29H,2,16-18H2,1H3/t21-,23+,24-/m1/s1. The maximum atomic E-state index is 11.8. The number of ether oxygens (including phenoxy) is 1. The molecule has 4 rings (SSSR count). The minimum absolute atomic E-state index is 0.0787. The Morgan fingerprint density at radius 2 is 1.88 bits per heavy atom. The Bertz CT molecular complexity index is 1000. The summed E-state index contributed by atoms with van der Waals surface area (Å²) < 4.78 is 5.78. The van der Waals surface area contributed by atoms with Gasteiger partial charge >= 0.3 is 0 Å². The molecule has 6 heteroatoms. The molecule has 1 N–H and O–H groups in total. The van der Waals surface area contributed by atoms with E-state index in [1.807, 2.05) is 37.3 Å². The maximum Gasteiger partial charge on any atom is 0.162 e. The minimum atomic E-state index is -0.674. The van der Waals surface area contributed by atoms with E-state index in [0.717, 1.165) is 10.9 Å². The van der Waals surface area contributed by atoms with Crippen molar-refractivity contribution in [2.45, 2.75) is 37.3 Å². The molecule has 0 saturated carbocycles. The number of carbonyl (C=O) groups is 1. The molecule has 1 aliphatic heterocycles. The Balaban J connectivity index is 1.35. The lowest BCUT2D eigenvalue weighted by atomic mass is 10.0. The predicted octanol–water partition coefficient (Wildman–Crippen LogP) is 4.49. The summed E-state index contributed by atoms with van der Waals surface area (Å²) in [5.41, 5.74) is 1.92. The molecule has 0 fully saturated rings. The number of thioether (sulfide) groups is 1. The van der Waals surface area contributed by atoms with Gasteiger partial charge in [0.25, 0.3) is 0 Å². The van der Waals surface area contributed by atoms with Crippen LogP contribution in [0, 0.1) is 0 Å². The Morgan fingerprint density at radius 3 is 2.62 bits per heavy atom. The number of aliphatic hydroxyl groups is 1. The summed E-state index contributed by atoms with van der Waals surface area (Å²) in [6.45, 7) is 2.45. The van der Waals surface area contributed by atoms with E-state index >= 15 is 0 Å². The monoisotopic (exact) mass is 448 g/mol. The molecule has 0 amide bonds. The van der Waals surface area contributed by atoms with Crippen molar-refractivity contribution in [3.05, 3.63) is 90.0 Å². The SMILES string of the molecule is CCC(=O)c1ccc(OC[C@H](O)CN2C(SCc3ccccc3)=N[C@H]3C=CC=C[C@H]32)cc1. The number of rotatable bonds is 9. The van der Waals surface area contributed by atoms with Crippen molar-refractivity contribution < 1.29 is 14.6 Å². The number of hydrogen-bond donors (Lipinski definition) is 1. The number of Topliss-reactive ketones (excluding diaryl/α,β-unsaturated/α-hetero) is 1. The van der Waals surface area contributed by atoms with Crippen molar-refractivity contribution >= 4 is 22.7 Å². The molecule has 3 atom stereocenters. The summed E-state index contributed by atoms with van der Waals surface area (Å²) in [6, 6.07) is 17.6. The van der Waals surface area contributed by atoms with Gasteiger partial charge in [-0.25, -0.2) is 0 Å². The highest BCUT2D eigenvalue weighted by molar-refractivity contribution is 8.13. The van der Waals surface area contributed by atoms with E-state index in [1.165, 1.54) is 5.56 Å². The molecule has 0 bridgehead atoms. The topological polar surface area (TPSA) is 62.1 Å². The van der Waals surface area contributed by atoms with Crippen LogP contribution in [0.4, 0.5) is 0 Å². The number of hydrogen-bond acceptors (Lipinski definition) is 6. The molecule has 5 nitrogen and oxygen atoms in total. The lowest BCUT2D eigenvalue weighted by Crippen LogP contribution is -2.43. The highest BCUT2D eigenvalue weighted by Gasteiger charge is 2.35. The fraction of sp³-hybridized carbons (Fsp3) is 0.308. The van der Waals surface area contributed by atoms with Crippen LogP contribution >= 0.6 is 11.8 Å². The van der Waals surface area contributed by atoms with Crippen molar-refractivity contribution in [3.63, 3.8) is 0 Å². The van der Waals surface area contributed by atoms with Crippen molar-refractivity contribution in [1.82, 2.24) is 4.90 Å². The first kappa shape index (κ1) is 22.4. The molecule has 32 heavy (non-hydrogen) atoms. The molecule has 0 aromatic heterocycles. The molecule has 2 aromatic carbocycles. The molecule has 2 aromatic rings. The van der Waals surface area contributed by atoms with Gasteiger partial charge in [0.05, 0.1) is 12.1 Å². The van der Waals surface area contributed by atoms with Gasteiger partial charge in [0, 0.05) is 24.3 Å². The van der Waals surface area contributed by atoms with Gasteiger partial charge in [-0.3, -0.25) is 9.79 Å². The van der Waals surface area contributed by atoms with Crippen LogP contribution in [0.1, 0.15) is 29.3 Å². The molecule has 0 unspecified atom stereocenters. The summed E-state index contributed by atoms with van der Waals surface area (Å²) >= 11 is 1.70. The zero-order valence-electron chi connectivity index (χ0n) is 18.1. The van der Waals surface area contributed by atoms with Gasteiger partial charge in [0.2, 0.25) is 0 Å². The van der Waals surface area contributed by atoms with Gasteiger partial charge in [-0.05, 0) is 29.8 Å². The minimum Gasteiger partial charge on any atom is -0.491 e. The van der Waals surface area contributed by atoms with Gasteiger partial charge in [0.15, 0.2) is 11.0 Å². The zero-order valence-corrected chi connectivity index (χ0v) is 18.9. The van der Waals surface area contributed by atoms with Gasteiger partial charge in [-0.1, -0.05) is 73.3 Å². The number of aliphatic imine (C=N–C) groups is 1. The summed E-state index contributed by atoms with van der Waals surface area (Å²) in [5.74, 6) is 1.58. The highest BCUT2D eigenvalue weighted by Crippen LogP contribution is 2.29. The molecule has 166 valence electrons. The van der Waals surface area contributed by atoms with Crippen LogP contribution < -0.4 is 4.74 Å². The predicted molar refractivity (Wildman–Crippen MR) is 130 cm³/mol. The zero-order chi connectivity index (χ0) is 22.3. The Morgan fingerprint density at radius 1 is 1.12 bits per heavy atom. The molecule has 1 heterocycles. The second kappa shape index (κ2) is 10.7. The number of ketones is 1. The average molecular weight is 449 g/mol. The van der Waals surface area contributed by atoms with Crippen LogP contribution in [0.5, 0.6) is 5.75 Å². The number of nitrogens with zero attached hydrogens (tertiary/aromatic N) is 2. The van der Waals surface area contributed by atoms with E-state index in [1.54, 1.807) is 36.0 Å². The number of aliphatic hydroxyl groups excluding tert-OH is 1. The van der Waals surface area contributed by atoms with E-state index in [-0.39, 0.29) is 24.5 Å². The number of β-amino-alcohol motifs (C(OH)–C–C–N with tert-alkyl or cyclic N) is 1. The highest BCUT2D eigenvalue weighted by atomic mass is 32.2. The average Bonchev–Trinajstić information content (AvgIpc) is 3.19. The lowest BCUT2D eigenvalue weighted by molar-refractivity contribution is 0.0839. The van der Waals surface area contributed by atoms with E-state index in [0.29, 0.717) is 24.3 Å². The Kier molecular flexibility index (Phi) is 7.45. The van der Waals surface area contributed by atoms with Crippen LogP contribution in [-0.4, -0.2) is 52.3 Å². The second-order valence-electron chi connectivity index (χ2n) is 7.86. The number of benzene rings is 2. The quantitative estimate of drug-likeness (QED) is 0.573. The molecule has 0 spiro atoms. The molecular weight excluding hydrogens is 420 g/mol. The largest absolute Gasteiger partial charge is 0.491 e. The van der Waals surface area contributed by atoms with Gasteiger partial charge in [0.1, 0.15) is 18.5 Å². The first-order valence-electron chi connectivity index (χ1n) is 10.9. The second-order valence-corrected chi connectivity index (χ2v) is 8.80. The Hall–Kier alpha value is -2.83. The molecule has 2 aliphatic rings. The smallest absolute Gasteiger partial charge is 0.162 e. The van der Waals surface area contributed by atoms with Crippen molar-refractivity contribution in [2.24, 2.45) is 4.99 Å². The van der Waals surface area contributed by atoms with Gasteiger partial charge in [-0.15, -0.1) is 0 Å². The fourth-order valence-electron chi connectivity index (χ4n) is 3.78. The van der Waals surface area contributed by atoms with Crippen LogP contribution in [-0.2, 0) is 5.75 Å². The van der Waals surface area contributed by atoms with Crippen LogP contribution in [0.25, 0.3) is 0 Å². The molecule has 0 radical (unpaired) electrons. The molecule has 1 aliphatic carbocycles. The number of amidine groups is 1.